The summed E-state index contributed by atoms with van der Waals surface area (Å²) in [6.07, 6.45) is 0. The standard InChI is InChI=1S/C12H15BrClN3S/c1-8-10(12(14)17(3)15-8)6-16(2)5-9-4-11(13)18-7-9/h4,7H,5-6H2,1-3H3. The SMILES string of the molecule is Cc1nn(C)c(Cl)c1CN(C)Cc1csc(Br)c1. The molecule has 0 amide bonds. The van der Waals surface area contributed by atoms with Gasteiger partial charge >= 0.3 is 0 Å². The number of aryl methyl sites for hydroxylation is 2. The van der Waals surface area contributed by atoms with E-state index in [-0.39, 0.29) is 0 Å². The minimum Gasteiger partial charge on any atom is -0.298 e. The van der Waals surface area contributed by atoms with Gasteiger partial charge in [0.2, 0.25) is 0 Å². The first-order valence-electron chi connectivity index (χ1n) is 5.57. The summed E-state index contributed by atoms with van der Waals surface area (Å²) in [4.78, 5) is 2.24. The van der Waals surface area contributed by atoms with Crippen LogP contribution in [0, 0.1) is 6.92 Å². The van der Waals surface area contributed by atoms with E-state index in [1.807, 2.05) is 14.0 Å². The molecule has 0 spiro atoms. The van der Waals surface area contributed by atoms with Gasteiger partial charge in [-0.1, -0.05) is 11.6 Å². The molecule has 2 rings (SSSR count). The van der Waals surface area contributed by atoms with Crippen LogP contribution in [0.2, 0.25) is 5.15 Å². The van der Waals surface area contributed by atoms with Crippen LogP contribution in [-0.4, -0.2) is 21.7 Å². The van der Waals surface area contributed by atoms with Crippen LogP contribution in [0.25, 0.3) is 0 Å². The lowest BCUT2D eigenvalue weighted by molar-refractivity contribution is 0.319. The summed E-state index contributed by atoms with van der Waals surface area (Å²) in [5, 5.41) is 7.22. The van der Waals surface area contributed by atoms with Gasteiger partial charge in [0.1, 0.15) is 5.15 Å². The molecule has 0 fully saturated rings. The van der Waals surface area contributed by atoms with E-state index in [9.17, 15) is 0 Å². The highest BCUT2D eigenvalue weighted by molar-refractivity contribution is 9.11. The maximum atomic E-state index is 6.23. The number of hydrogen-bond donors (Lipinski definition) is 0. The third kappa shape index (κ3) is 3.15. The highest BCUT2D eigenvalue weighted by atomic mass is 79.9. The van der Waals surface area contributed by atoms with Crippen molar-refractivity contribution in [1.82, 2.24) is 14.7 Å². The van der Waals surface area contributed by atoms with E-state index in [2.05, 4.69) is 44.4 Å². The summed E-state index contributed by atoms with van der Waals surface area (Å²) < 4.78 is 2.89. The van der Waals surface area contributed by atoms with Crippen molar-refractivity contribution in [2.45, 2.75) is 20.0 Å². The fourth-order valence-corrected chi connectivity index (χ4v) is 3.35. The van der Waals surface area contributed by atoms with Crippen molar-refractivity contribution in [3.05, 3.63) is 37.2 Å². The Kier molecular flexibility index (Phi) is 4.48. The van der Waals surface area contributed by atoms with E-state index >= 15 is 0 Å². The van der Waals surface area contributed by atoms with Crippen LogP contribution in [0.15, 0.2) is 15.2 Å². The van der Waals surface area contributed by atoms with Crippen LogP contribution >= 0.6 is 38.9 Å². The minimum absolute atomic E-state index is 0.728. The van der Waals surface area contributed by atoms with E-state index in [0.717, 1.165) is 29.5 Å². The first kappa shape index (κ1) is 14.1. The lowest BCUT2D eigenvalue weighted by Gasteiger charge is -2.15. The summed E-state index contributed by atoms with van der Waals surface area (Å²) >= 11 is 11.4. The Morgan fingerprint density at radius 1 is 1.50 bits per heavy atom. The highest BCUT2D eigenvalue weighted by Gasteiger charge is 2.13. The smallest absolute Gasteiger partial charge is 0.131 e. The zero-order valence-corrected chi connectivity index (χ0v) is 13.7. The lowest BCUT2D eigenvalue weighted by Crippen LogP contribution is -2.17. The molecule has 0 aliphatic rings. The molecule has 0 bridgehead atoms. The molecule has 0 atom stereocenters. The van der Waals surface area contributed by atoms with Crippen molar-refractivity contribution < 1.29 is 0 Å². The molecule has 0 unspecified atom stereocenters. The van der Waals surface area contributed by atoms with Gasteiger partial charge in [-0.05, 0) is 46.9 Å². The zero-order chi connectivity index (χ0) is 13.3. The van der Waals surface area contributed by atoms with Crippen molar-refractivity contribution in [2.75, 3.05) is 7.05 Å². The first-order valence-corrected chi connectivity index (χ1v) is 7.62. The molecule has 3 nitrogen and oxygen atoms in total. The third-order valence-electron chi connectivity index (χ3n) is 2.77. The Bertz CT molecular complexity index is 550. The Morgan fingerprint density at radius 2 is 2.22 bits per heavy atom. The molecular weight excluding hydrogens is 334 g/mol. The van der Waals surface area contributed by atoms with Gasteiger partial charge in [0.25, 0.3) is 0 Å². The van der Waals surface area contributed by atoms with Crippen molar-refractivity contribution >= 4 is 38.9 Å². The number of nitrogens with zero attached hydrogens (tertiary/aromatic N) is 3. The molecule has 0 aliphatic heterocycles. The van der Waals surface area contributed by atoms with Gasteiger partial charge in [-0.3, -0.25) is 9.58 Å². The molecule has 0 aromatic carbocycles. The van der Waals surface area contributed by atoms with E-state index in [4.69, 9.17) is 11.6 Å². The summed E-state index contributed by atoms with van der Waals surface area (Å²) in [5.74, 6) is 0. The molecule has 2 heterocycles. The molecule has 0 N–H and O–H groups in total. The van der Waals surface area contributed by atoms with E-state index in [1.165, 1.54) is 9.35 Å². The van der Waals surface area contributed by atoms with Gasteiger partial charge < -0.3 is 0 Å². The Balaban J connectivity index is 2.05. The maximum Gasteiger partial charge on any atom is 0.131 e. The summed E-state index contributed by atoms with van der Waals surface area (Å²) in [6.45, 7) is 3.72. The molecule has 2 aromatic rings. The van der Waals surface area contributed by atoms with Gasteiger partial charge in [-0.15, -0.1) is 11.3 Å². The van der Waals surface area contributed by atoms with Crippen LogP contribution in [0.3, 0.4) is 0 Å². The number of halogens is 2. The van der Waals surface area contributed by atoms with Crippen LogP contribution in [-0.2, 0) is 20.1 Å². The molecule has 6 heteroatoms. The van der Waals surface area contributed by atoms with Crippen LogP contribution < -0.4 is 0 Å². The molecule has 0 saturated carbocycles. The number of rotatable bonds is 4. The third-order valence-corrected chi connectivity index (χ3v) is 4.80. The van der Waals surface area contributed by atoms with Gasteiger partial charge in [-0.2, -0.15) is 5.10 Å². The average Bonchev–Trinajstić information content (AvgIpc) is 2.78. The van der Waals surface area contributed by atoms with Crippen molar-refractivity contribution in [3.8, 4) is 0 Å². The molecule has 18 heavy (non-hydrogen) atoms. The molecule has 0 saturated heterocycles. The molecule has 0 radical (unpaired) electrons. The minimum atomic E-state index is 0.728. The van der Waals surface area contributed by atoms with Crippen molar-refractivity contribution in [3.63, 3.8) is 0 Å². The largest absolute Gasteiger partial charge is 0.298 e. The quantitative estimate of drug-likeness (QED) is 0.837. The van der Waals surface area contributed by atoms with Gasteiger partial charge in [0.05, 0.1) is 9.48 Å². The highest BCUT2D eigenvalue weighted by Crippen LogP contribution is 2.24. The fraction of sp³-hybridized carbons (Fsp3) is 0.417. The van der Waals surface area contributed by atoms with Crippen LogP contribution in [0.5, 0.6) is 0 Å². The zero-order valence-electron chi connectivity index (χ0n) is 10.6. The van der Waals surface area contributed by atoms with E-state index in [0.29, 0.717) is 0 Å². The van der Waals surface area contributed by atoms with Crippen molar-refractivity contribution in [2.24, 2.45) is 7.05 Å². The van der Waals surface area contributed by atoms with Crippen molar-refractivity contribution in [1.29, 1.82) is 0 Å². The van der Waals surface area contributed by atoms with Crippen LogP contribution in [0.4, 0.5) is 0 Å². The average molecular weight is 349 g/mol. The number of hydrogen-bond acceptors (Lipinski definition) is 3. The van der Waals surface area contributed by atoms with Gasteiger partial charge in [0, 0.05) is 25.7 Å². The topological polar surface area (TPSA) is 21.1 Å². The first-order chi connectivity index (χ1) is 8.47. The van der Waals surface area contributed by atoms with Gasteiger partial charge in [-0.25, -0.2) is 0 Å². The summed E-state index contributed by atoms with van der Waals surface area (Å²) in [5.41, 5.74) is 3.42. The molecular formula is C12H15BrClN3S. The van der Waals surface area contributed by atoms with Gasteiger partial charge in [0.15, 0.2) is 0 Å². The normalized spacial score (nSPS) is 11.4. The number of aromatic nitrogens is 2. The molecule has 2 aromatic heterocycles. The van der Waals surface area contributed by atoms with E-state index in [1.54, 1.807) is 16.0 Å². The summed E-state index contributed by atoms with van der Waals surface area (Å²) in [6, 6.07) is 2.15. The predicted octanol–water partition coefficient (Wildman–Crippen LogP) is 3.84. The monoisotopic (exact) mass is 347 g/mol. The van der Waals surface area contributed by atoms with E-state index < -0.39 is 0 Å². The molecule has 98 valence electrons. The fourth-order valence-electron chi connectivity index (χ4n) is 1.92. The second kappa shape index (κ2) is 5.74. The second-order valence-corrected chi connectivity index (χ2v) is 7.06. The van der Waals surface area contributed by atoms with Crippen LogP contribution in [0.1, 0.15) is 16.8 Å². The second-order valence-electron chi connectivity index (χ2n) is 4.41. The number of thiophene rings is 1. The lowest BCUT2D eigenvalue weighted by atomic mass is 10.2. The molecule has 0 aliphatic carbocycles. The Morgan fingerprint density at radius 3 is 2.72 bits per heavy atom. The maximum absolute atomic E-state index is 6.23. The summed E-state index contributed by atoms with van der Waals surface area (Å²) in [7, 11) is 3.96. The predicted molar refractivity (Wildman–Crippen MR) is 80.1 cm³/mol. The Labute approximate surface area is 124 Å². The Hall–Kier alpha value is -0.360.